The molecule has 0 saturated heterocycles. The minimum absolute atomic E-state index is 0.0571. The smallest absolute Gasteiger partial charge is 0.264 e. The van der Waals surface area contributed by atoms with Crippen LogP contribution in [0.5, 0.6) is 0 Å². The lowest BCUT2D eigenvalue weighted by Gasteiger charge is -2.34. The van der Waals surface area contributed by atoms with Gasteiger partial charge in [0.05, 0.1) is 10.6 Å². The van der Waals surface area contributed by atoms with E-state index < -0.39 is 40.2 Å². The molecule has 44 heavy (non-hydrogen) atoms. The molecule has 0 aliphatic heterocycles. The predicted molar refractivity (Wildman–Crippen MR) is 171 cm³/mol. The van der Waals surface area contributed by atoms with Gasteiger partial charge in [-0.2, -0.15) is 0 Å². The first-order valence-electron chi connectivity index (χ1n) is 14.3. The number of carbonyl (C=O) groups is 2. The average Bonchev–Trinajstić information content (AvgIpc) is 3.01. The molecule has 0 bridgehead atoms. The zero-order chi connectivity index (χ0) is 31.7. The zero-order valence-corrected chi connectivity index (χ0v) is 26.2. The van der Waals surface area contributed by atoms with Crippen LogP contribution in [0.25, 0.3) is 0 Å². The van der Waals surface area contributed by atoms with E-state index in [1.165, 1.54) is 35.2 Å². The molecule has 1 N–H and O–H groups in total. The molecule has 1 atom stereocenters. The number of amides is 2. The summed E-state index contributed by atoms with van der Waals surface area (Å²) in [5.41, 5.74) is 2.05. The Balaban J connectivity index is 1.80. The second-order valence-corrected chi connectivity index (χ2v) is 12.7. The minimum Gasteiger partial charge on any atom is -0.354 e. The first-order chi connectivity index (χ1) is 21.1. The maximum Gasteiger partial charge on any atom is 0.264 e. The van der Waals surface area contributed by atoms with E-state index in [0.717, 1.165) is 15.4 Å². The highest BCUT2D eigenvalue weighted by Gasteiger charge is 2.35. The van der Waals surface area contributed by atoms with E-state index in [1.54, 1.807) is 36.4 Å². The summed E-state index contributed by atoms with van der Waals surface area (Å²) in [6, 6.07) is 26.6. The van der Waals surface area contributed by atoms with Crippen molar-refractivity contribution in [1.82, 2.24) is 10.2 Å². The van der Waals surface area contributed by atoms with Gasteiger partial charge in [-0.05, 0) is 66.9 Å². The molecule has 7 nitrogen and oxygen atoms in total. The van der Waals surface area contributed by atoms with Gasteiger partial charge in [-0.1, -0.05) is 79.2 Å². The number of nitrogens with one attached hydrogen (secondary N) is 1. The van der Waals surface area contributed by atoms with Crippen molar-refractivity contribution in [3.05, 3.63) is 131 Å². The summed E-state index contributed by atoms with van der Waals surface area (Å²) in [6.07, 6.45) is 0.816. The molecule has 4 aromatic rings. The lowest BCUT2D eigenvalue weighted by atomic mass is 10.0. The van der Waals surface area contributed by atoms with Crippen LogP contribution in [0.1, 0.15) is 30.0 Å². The van der Waals surface area contributed by atoms with E-state index in [2.05, 4.69) is 5.32 Å². The highest BCUT2D eigenvalue weighted by atomic mass is 35.5. The number of carbonyl (C=O) groups excluding carboxylic acids is 2. The third kappa shape index (κ3) is 8.24. The topological polar surface area (TPSA) is 86.8 Å². The average molecular weight is 636 g/mol. The molecular formula is C34H35ClFN3O4S. The molecule has 4 aromatic carbocycles. The van der Waals surface area contributed by atoms with E-state index in [1.807, 2.05) is 50.2 Å². The molecule has 10 heteroatoms. The molecular weight excluding hydrogens is 601 g/mol. The Morgan fingerprint density at radius 2 is 1.59 bits per heavy atom. The largest absolute Gasteiger partial charge is 0.354 e. The Morgan fingerprint density at radius 3 is 2.25 bits per heavy atom. The number of hydrogen-bond donors (Lipinski definition) is 1. The Kier molecular flexibility index (Phi) is 11.1. The van der Waals surface area contributed by atoms with Gasteiger partial charge in [-0.3, -0.25) is 13.9 Å². The Bertz CT molecular complexity index is 1680. The van der Waals surface area contributed by atoms with E-state index >= 15 is 0 Å². The molecule has 0 fully saturated rings. The Labute approximate surface area is 263 Å². The van der Waals surface area contributed by atoms with Crippen LogP contribution in [-0.2, 0) is 32.6 Å². The summed E-state index contributed by atoms with van der Waals surface area (Å²) >= 11 is 6.02. The molecule has 2 amide bonds. The summed E-state index contributed by atoms with van der Waals surface area (Å²) in [4.78, 5) is 29.2. The quantitative estimate of drug-likeness (QED) is 0.191. The van der Waals surface area contributed by atoms with E-state index in [4.69, 9.17) is 11.6 Å². The molecule has 0 spiro atoms. The third-order valence-electron chi connectivity index (χ3n) is 7.09. The van der Waals surface area contributed by atoms with E-state index in [9.17, 15) is 22.4 Å². The van der Waals surface area contributed by atoms with Crippen LogP contribution in [0, 0.1) is 12.7 Å². The SMILES string of the molecule is CCCNC(=O)[C@@H](Cc1ccccc1)N(Cc1ccccc1F)C(=O)CN(c1cccc(C)c1)S(=O)(=O)c1ccc(Cl)cc1. The van der Waals surface area contributed by atoms with Gasteiger partial charge < -0.3 is 10.2 Å². The van der Waals surface area contributed by atoms with Crippen LogP contribution in [0.4, 0.5) is 10.1 Å². The summed E-state index contributed by atoms with van der Waals surface area (Å²) in [7, 11) is -4.26. The molecule has 0 aliphatic rings. The maximum absolute atomic E-state index is 15.0. The number of nitrogens with zero attached hydrogens (tertiary/aromatic N) is 2. The highest BCUT2D eigenvalue weighted by molar-refractivity contribution is 7.92. The molecule has 0 saturated carbocycles. The predicted octanol–water partition coefficient (Wildman–Crippen LogP) is 6.15. The summed E-state index contributed by atoms with van der Waals surface area (Å²) < 4.78 is 44.1. The Hall–Kier alpha value is -4.21. The first kappa shape index (κ1) is 32.7. The van der Waals surface area contributed by atoms with Crippen LogP contribution < -0.4 is 9.62 Å². The highest BCUT2D eigenvalue weighted by Crippen LogP contribution is 2.27. The molecule has 0 aromatic heterocycles. The number of hydrogen-bond acceptors (Lipinski definition) is 4. The molecule has 4 rings (SSSR count). The summed E-state index contributed by atoms with van der Waals surface area (Å²) in [6.45, 7) is 3.24. The van der Waals surface area contributed by atoms with Gasteiger partial charge in [-0.25, -0.2) is 12.8 Å². The van der Waals surface area contributed by atoms with Gasteiger partial charge >= 0.3 is 0 Å². The van der Waals surface area contributed by atoms with Crippen molar-refractivity contribution in [3.63, 3.8) is 0 Å². The molecule has 230 valence electrons. The van der Waals surface area contributed by atoms with Gasteiger partial charge in [-0.15, -0.1) is 0 Å². The first-order valence-corrected chi connectivity index (χ1v) is 16.1. The van der Waals surface area contributed by atoms with Crippen LogP contribution in [0.15, 0.2) is 108 Å². The molecule has 0 heterocycles. The number of aryl methyl sites for hydroxylation is 1. The van der Waals surface area contributed by atoms with Crippen LogP contribution in [0.3, 0.4) is 0 Å². The fourth-order valence-electron chi connectivity index (χ4n) is 4.78. The summed E-state index contributed by atoms with van der Waals surface area (Å²) in [5.74, 6) is -1.62. The van der Waals surface area contributed by atoms with Gasteiger partial charge in [0.1, 0.15) is 18.4 Å². The third-order valence-corrected chi connectivity index (χ3v) is 9.13. The summed E-state index contributed by atoms with van der Waals surface area (Å²) in [5, 5.41) is 3.23. The monoisotopic (exact) mass is 635 g/mol. The molecule has 0 aliphatic carbocycles. The number of benzene rings is 4. The second kappa shape index (κ2) is 15.0. The van der Waals surface area contributed by atoms with Crippen molar-refractivity contribution in [2.45, 2.75) is 44.2 Å². The second-order valence-electron chi connectivity index (χ2n) is 10.4. The van der Waals surface area contributed by atoms with Crippen molar-refractivity contribution < 1.29 is 22.4 Å². The normalized spacial score (nSPS) is 11.9. The number of halogens is 2. The van der Waals surface area contributed by atoms with E-state index in [0.29, 0.717) is 18.0 Å². The lowest BCUT2D eigenvalue weighted by molar-refractivity contribution is -0.140. The van der Waals surface area contributed by atoms with Gasteiger partial charge in [0.2, 0.25) is 11.8 Å². The van der Waals surface area contributed by atoms with Crippen LogP contribution in [-0.4, -0.2) is 44.3 Å². The van der Waals surface area contributed by atoms with Crippen molar-refractivity contribution in [1.29, 1.82) is 0 Å². The number of sulfonamides is 1. The van der Waals surface area contributed by atoms with Gasteiger partial charge in [0.25, 0.3) is 10.0 Å². The van der Waals surface area contributed by atoms with Crippen molar-refractivity contribution >= 4 is 39.1 Å². The minimum atomic E-state index is -4.26. The van der Waals surface area contributed by atoms with Crippen molar-refractivity contribution in [3.8, 4) is 0 Å². The maximum atomic E-state index is 15.0. The van der Waals surface area contributed by atoms with Crippen LogP contribution in [0.2, 0.25) is 5.02 Å². The fraction of sp³-hybridized carbons (Fsp3) is 0.235. The number of rotatable bonds is 13. The van der Waals surface area contributed by atoms with Crippen molar-refractivity contribution in [2.24, 2.45) is 0 Å². The molecule has 0 unspecified atom stereocenters. The van der Waals surface area contributed by atoms with Gasteiger partial charge in [0.15, 0.2) is 0 Å². The fourth-order valence-corrected chi connectivity index (χ4v) is 6.31. The standard InChI is InChI=1S/C34H35ClFN3O4S/c1-3-20-37-34(41)32(22-26-11-5-4-6-12-26)38(23-27-13-7-8-15-31(27)36)33(40)24-39(29-14-9-10-25(2)21-29)44(42,43)30-18-16-28(35)17-19-30/h4-19,21,32H,3,20,22-24H2,1-2H3,(H,37,41)/t32-/m1/s1. The van der Waals surface area contributed by atoms with Gasteiger partial charge in [0, 0.05) is 30.1 Å². The lowest BCUT2D eigenvalue weighted by Crippen LogP contribution is -2.53. The zero-order valence-electron chi connectivity index (χ0n) is 24.6. The van der Waals surface area contributed by atoms with Crippen LogP contribution >= 0.6 is 11.6 Å². The number of anilines is 1. The molecule has 0 radical (unpaired) electrons. The van der Waals surface area contributed by atoms with Crippen molar-refractivity contribution in [2.75, 3.05) is 17.4 Å². The Morgan fingerprint density at radius 1 is 0.909 bits per heavy atom. The van der Waals surface area contributed by atoms with E-state index in [-0.39, 0.29) is 29.1 Å².